The van der Waals surface area contributed by atoms with Gasteiger partial charge in [0, 0.05) is 29.3 Å². The van der Waals surface area contributed by atoms with Gasteiger partial charge in [-0.05, 0) is 47.1 Å². The number of anilines is 1. The SMILES string of the molecule is CC1(NCc2nc3c(-c4cnc5ccc(F)cc5c4)cnn3c(N)c2Br)COC1. The molecule has 29 heavy (non-hydrogen) atoms. The summed E-state index contributed by atoms with van der Waals surface area (Å²) in [4.78, 5) is 9.24. The Morgan fingerprint density at radius 3 is 2.90 bits per heavy atom. The molecule has 0 radical (unpaired) electrons. The van der Waals surface area contributed by atoms with Crippen molar-refractivity contribution in [3.8, 4) is 11.1 Å². The summed E-state index contributed by atoms with van der Waals surface area (Å²) in [6, 6.07) is 6.41. The van der Waals surface area contributed by atoms with E-state index in [9.17, 15) is 4.39 Å². The molecule has 0 atom stereocenters. The van der Waals surface area contributed by atoms with Crippen LogP contribution in [0.3, 0.4) is 0 Å². The monoisotopic (exact) mass is 456 g/mol. The van der Waals surface area contributed by atoms with E-state index in [4.69, 9.17) is 15.5 Å². The Morgan fingerprint density at radius 1 is 1.31 bits per heavy atom. The zero-order chi connectivity index (χ0) is 20.2. The predicted octanol–water partition coefficient (Wildman–Crippen LogP) is 3.31. The van der Waals surface area contributed by atoms with Gasteiger partial charge < -0.3 is 15.8 Å². The number of nitrogen functional groups attached to an aromatic ring is 1. The number of nitrogens with one attached hydrogen (secondary N) is 1. The van der Waals surface area contributed by atoms with E-state index in [0.29, 0.717) is 41.1 Å². The first-order valence-electron chi connectivity index (χ1n) is 9.14. The number of nitrogens with zero attached hydrogens (tertiary/aromatic N) is 4. The number of rotatable bonds is 4. The molecule has 0 aliphatic carbocycles. The summed E-state index contributed by atoms with van der Waals surface area (Å²) in [5.74, 6) is 0.164. The van der Waals surface area contributed by atoms with Crippen molar-refractivity contribution in [2.24, 2.45) is 0 Å². The highest BCUT2D eigenvalue weighted by atomic mass is 79.9. The maximum absolute atomic E-state index is 13.6. The molecule has 4 aromatic rings. The molecule has 1 aliphatic rings. The summed E-state index contributed by atoms with van der Waals surface area (Å²) in [6.45, 7) is 3.97. The van der Waals surface area contributed by atoms with E-state index < -0.39 is 0 Å². The van der Waals surface area contributed by atoms with Crippen LogP contribution in [0.5, 0.6) is 0 Å². The van der Waals surface area contributed by atoms with Gasteiger partial charge in [-0.1, -0.05) is 0 Å². The number of fused-ring (bicyclic) bond motifs is 2. The molecule has 1 fully saturated rings. The first kappa shape index (κ1) is 18.4. The normalized spacial score (nSPS) is 15.7. The summed E-state index contributed by atoms with van der Waals surface area (Å²) in [5.41, 5.74) is 9.95. The maximum atomic E-state index is 13.6. The minimum atomic E-state index is -0.301. The number of aromatic nitrogens is 4. The number of halogens is 2. The first-order chi connectivity index (χ1) is 13.9. The van der Waals surface area contributed by atoms with Crippen molar-refractivity contribution in [2.75, 3.05) is 18.9 Å². The van der Waals surface area contributed by atoms with Crippen molar-refractivity contribution < 1.29 is 9.13 Å². The van der Waals surface area contributed by atoms with E-state index in [1.807, 2.05) is 6.07 Å². The van der Waals surface area contributed by atoms with Gasteiger partial charge in [-0.2, -0.15) is 9.61 Å². The second-order valence-corrected chi connectivity index (χ2v) is 8.31. The third-order valence-electron chi connectivity index (χ3n) is 5.17. The fourth-order valence-electron chi connectivity index (χ4n) is 3.42. The lowest BCUT2D eigenvalue weighted by molar-refractivity contribution is -0.0651. The molecule has 0 unspecified atom stereocenters. The average molecular weight is 457 g/mol. The van der Waals surface area contributed by atoms with Gasteiger partial charge in [-0.3, -0.25) is 4.98 Å². The molecule has 3 aromatic heterocycles. The zero-order valence-corrected chi connectivity index (χ0v) is 17.2. The molecule has 1 aliphatic heterocycles. The number of nitrogens with two attached hydrogens (primary N) is 1. The van der Waals surface area contributed by atoms with Gasteiger partial charge in [0.25, 0.3) is 0 Å². The standard InChI is InChI=1S/C20H18BrFN6O/c1-20(9-29-10-20)25-8-16-17(21)18(23)28-19(27-16)14(7-26-28)12-4-11-5-13(22)2-3-15(11)24-6-12/h2-7,25H,8-10,23H2,1H3. The van der Waals surface area contributed by atoms with Crippen LogP contribution in [0, 0.1) is 5.82 Å². The lowest BCUT2D eigenvalue weighted by atomic mass is 10.0. The summed E-state index contributed by atoms with van der Waals surface area (Å²) in [7, 11) is 0. The molecule has 9 heteroatoms. The smallest absolute Gasteiger partial charge is 0.165 e. The molecule has 5 rings (SSSR count). The van der Waals surface area contributed by atoms with Crippen LogP contribution in [0.25, 0.3) is 27.7 Å². The van der Waals surface area contributed by atoms with E-state index in [1.54, 1.807) is 23.0 Å². The van der Waals surface area contributed by atoms with Crippen molar-refractivity contribution >= 4 is 38.3 Å². The minimum absolute atomic E-state index is 0.0581. The van der Waals surface area contributed by atoms with Gasteiger partial charge in [0.05, 0.1) is 40.6 Å². The fraction of sp³-hybridized carbons (Fsp3) is 0.250. The maximum Gasteiger partial charge on any atom is 0.165 e. The Kier molecular flexibility index (Phi) is 4.27. The quantitative estimate of drug-likeness (QED) is 0.489. The molecule has 0 spiro atoms. The van der Waals surface area contributed by atoms with E-state index in [2.05, 4.69) is 38.3 Å². The van der Waals surface area contributed by atoms with Crippen LogP contribution in [-0.2, 0) is 11.3 Å². The molecule has 0 saturated carbocycles. The Labute approximate surface area is 174 Å². The van der Waals surface area contributed by atoms with Crippen molar-refractivity contribution in [1.82, 2.24) is 24.9 Å². The van der Waals surface area contributed by atoms with Gasteiger partial charge in [0.15, 0.2) is 5.65 Å². The van der Waals surface area contributed by atoms with Gasteiger partial charge >= 0.3 is 0 Å². The van der Waals surface area contributed by atoms with E-state index in [1.165, 1.54) is 12.1 Å². The van der Waals surface area contributed by atoms with Gasteiger partial charge in [0.2, 0.25) is 0 Å². The average Bonchev–Trinajstić information content (AvgIpc) is 3.11. The Balaban J connectivity index is 1.59. The van der Waals surface area contributed by atoms with Crippen LogP contribution in [0.2, 0.25) is 0 Å². The van der Waals surface area contributed by atoms with Crippen LogP contribution < -0.4 is 11.1 Å². The largest absolute Gasteiger partial charge is 0.383 e. The van der Waals surface area contributed by atoms with Gasteiger partial charge in [-0.25, -0.2) is 9.37 Å². The van der Waals surface area contributed by atoms with Gasteiger partial charge in [0.1, 0.15) is 11.6 Å². The number of benzene rings is 1. The summed E-state index contributed by atoms with van der Waals surface area (Å²) >= 11 is 3.54. The Bertz CT molecular complexity index is 1250. The van der Waals surface area contributed by atoms with Crippen LogP contribution >= 0.6 is 15.9 Å². The molecule has 1 saturated heterocycles. The molecule has 7 nitrogen and oxygen atoms in total. The van der Waals surface area contributed by atoms with Crippen molar-refractivity contribution in [3.63, 3.8) is 0 Å². The van der Waals surface area contributed by atoms with Gasteiger partial charge in [-0.15, -0.1) is 0 Å². The van der Waals surface area contributed by atoms with Crippen molar-refractivity contribution in [3.05, 3.63) is 52.6 Å². The third-order valence-corrected chi connectivity index (χ3v) is 6.03. The predicted molar refractivity (Wildman–Crippen MR) is 112 cm³/mol. The highest BCUT2D eigenvalue weighted by Gasteiger charge is 2.33. The molecule has 0 bridgehead atoms. The minimum Gasteiger partial charge on any atom is -0.383 e. The Hall–Kier alpha value is -2.62. The number of ether oxygens (including phenoxy) is 1. The number of pyridine rings is 1. The molecule has 1 aromatic carbocycles. The fourth-order valence-corrected chi connectivity index (χ4v) is 3.82. The second kappa shape index (κ2) is 6.72. The van der Waals surface area contributed by atoms with Crippen LogP contribution in [0.15, 0.2) is 41.1 Å². The molecule has 148 valence electrons. The molecule has 0 amide bonds. The highest BCUT2D eigenvalue weighted by molar-refractivity contribution is 9.10. The summed E-state index contributed by atoms with van der Waals surface area (Å²) in [6.07, 6.45) is 3.44. The zero-order valence-electron chi connectivity index (χ0n) is 15.6. The van der Waals surface area contributed by atoms with Crippen LogP contribution in [0.4, 0.5) is 10.2 Å². The molecule has 3 N–H and O–H groups in total. The lowest BCUT2D eigenvalue weighted by Crippen LogP contribution is -2.57. The Morgan fingerprint density at radius 2 is 2.14 bits per heavy atom. The topological polar surface area (TPSA) is 90.4 Å². The second-order valence-electron chi connectivity index (χ2n) is 7.52. The number of hydrogen-bond donors (Lipinski definition) is 2. The van der Waals surface area contributed by atoms with Crippen LogP contribution in [-0.4, -0.2) is 38.3 Å². The summed E-state index contributed by atoms with van der Waals surface area (Å²) < 4.78 is 21.2. The third kappa shape index (κ3) is 3.15. The highest BCUT2D eigenvalue weighted by Crippen LogP contribution is 2.31. The molecular weight excluding hydrogens is 439 g/mol. The van der Waals surface area contributed by atoms with Crippen molar-refractivity contribution in [2.45, 2.75) is 19.0 Å². The van der Waals surface area contributed by atoms with E-state index in [-0.39, 0.29) is 11.4 Å². The first-order valence-corrected chi connectivity index (χ1v) is 9.93. The number of hydrogen-bond acceptors (Lipinski definition) is 6. The van der Waals surface area contributed by atoms with E-state index in [0.717, 1.165) is 22.3 Å². The van der Waals surface area contributed by atoms with Crippen molar-refractivity contribution in [1.29, 1.82) is 0 Å². The molecular formula is C20H18BrFN6O. The molecule has 4 heterocycles. The van der Waals surface area contributed by atoms with E-state index >= 15 is 0 Å². The lowest BCUT2D eigenvalue weighted by Gasteiger charge is -2.39. The summed E-state index contributed by atoms with van der Waals surface area (Å²) in [5, 5.41) is 8.57. The van der Waals surface area contributed by atoms with Crippen LogP contribution in [0.1, 0.15) is 12.6 Å².